The monoisotopic (exact) mass is 389 g/mol. The van der Waals surface area contributed by atoms with Gasteiger partial charge in [-0.2, -0.15) is 5.26 Å². The second kappa shape index (κ2) is 6.33. The van der Waals surface area contributed by atoms with Crippen molar-refractivity contribution in [2.24, 2.45) is 0 Å². The first-order valence-corrected chi connectivity index (χ1v) is 8.38. The van der Waals surface area contributed by atoms with E-state index >= 15 is 0 Å². The molecular weight excluding hydrogens is 373 g/mol. The number of methoxy groups -OCH3 is 1. The molecule has 1 heterocycles. The number of halogens is 2. The number of fused-ring (bicyclic) bond motifs is 1. The quantitative estimate of drug-likeness (QED) is 0.814. The lowest BCUT2D eigenvalue weighted by Gasteiger charge is -2.44. The zero-order valence-electron chi connectivity index (χ0n) is 13.6. The molecule has 1 aliphatic heterocycles. The van der Waals surface area contributed by atoms with Crippen molar-refractivity contribution in [3.05, 3.63) is 51.7 Å². The Bertz CT molecular complexity index is 832. The highest BCUT2D eigenvalue weighted by atomic mass is 79.9. The molecule has 0 saturated heterocycles. The van der Waals surface area contributed by atoms with Crippen molar-refractivity contribution in [2.45, 2.75) is 26.1 Å². The fraction of sp³-hybridized carbons (Fsp3) is 0.278. The standard InChI is InChI=1S/C18H17BrFN3O/c1-10(2)23(14-6-7-15(24-3)16(19)17(14)20)18-12-5-4-11(9-21)8-13(12)22-18/h4-8,10,18,22H,1-3H3. The molecule has 0 saturated carbocycles. The second-order valence-electron chi connectivity index (χ2n) is 5.88. The van der Waals surface area contributed by atoms with Crippen LogP contribution in [0.2, 0.25) is 0 Å². The Morgan fingerprint density at radius 1 is 1.33 bits per heavy atom. The van der Waals surface area contributed by atoms with Gasteiger partial charge in [0.2, 0.25) is 0 Å². The molecule has 3 rings (SSSR count). The fourth-order valence-corrected chi connectivity index (χ4v) is 3.45. The highest BCUT2D eigenvalue weighted by molar-refractivity contribution is 9.10. The molecule has 6 heteroatoms. The molecule has 1 unspecified atom stereocenters. The van der Waals surface area contributed by atoms with E-state index in [2.05, 4.69) is 27.3 Å². The van der Waals surface area contributed by atoms with Crippen molar-refractivity contribution < 1.29 is 9.13 Å². The summed E-state index contributed by atoms with van der Waals surface area (Å²) in [4.78, 5) is 1.98. The van der Waals surface area contributed by atoms with Gasteiger partial charge in [0.25, 0.3) is 0 Å². The summed E-state index contributed by atoms with van der Waals surface area (Å²) in [7, 11) is 1.51. The molecule has 0 aromatic heterocycles. The van der Waals surface area contributed by atoms with Crippen molar-refractivity contribution in [1.82, 2.24) is 0 Å². The molecule has 0 bridgehead atoms. The predicted octanol–water partition coefficient (Wildman–Crippen LogP) is 4.81. The zero-order chi connectivity index (χ0) is 17.4. The summed E-state index contributed by atoms with van der Waals surface area (Å²) in [6.45, 7) is 4.03. The van der Waals surface area contributed by atoms with Crippen LogP contribution in [0.4, 0.5) is 15.8 Å². The third-order valence-electron chi connectivity index (χ3n) is 4.13. The Hall–Kier alpha value is -2.26. The van der Waals surface area contributed by atoms with Crippen LogP contribution in [-0.2, 0) is 0 Å². The van der Waals surface area contributed by atoms with E-state index in [1.807, 2.05) is 30.9 Å². The average molecular weight is 390 g/mol. The van der Waals surface area contributed by atoms with E-state index in [0.29, 0.717) is 21.5 Å². The fourth-order valence-electron chi connectivity index (χ4n) is 2.95. The molecule has 4 nitrogen and oxygen atoms in total. The Labute approximate surface area is 149 Å². The normalized spacial score (nSPS) is 15.1. The molecular formula is C18H17BrFN3O. The average Bonchev–Trinajstić information content (AvgIpc) is 2.55. The summed E-state index contributed by atoms with van der Waals surface area (Å²) in [5, 5.41) is 12.3. The Balaban J connectivity index is 2.01. The summed E-state index contributed by atoms with van der Waals surface area (Å²) in [6, 6.07) is 11.2. The number of rotatable bonds is 4. The minimum atomic E-state index is -0.355. The van der Waals surface area contributed by atoms with E-state index in [0.717, 1.165) is 11.3 Å². The molecule has 0 spiro atoms. The van der Waals surface area contributed by atoms with Crippen LogP contribution >= 0.6 is 15.9 Å². The Kier molecular flexibility index (Phi) is 4.37. The summed E-state index contributed by atoms with van der Waals surface area (Å²) >= 11 is 3.27. The van der Waals surface area contributed by atoms with E-state index in [4.69, 9.17) is 10.00 Å². The SMILES string of the molecule is COc1ccc(N(C(C)C)C2Nc3cc(C#N)ccc32)c(F)c1Br. The maximum Gasteiger partial charge on any atom is 0.164 e. The van der Waals surface area contributed by atoms with E-state index in [9.17, 15) is 4.39 Å². The molecule has 2 aromatic rings. The number of nitrogens with zero attached hydrogens (tertiary/aromatic N) is 2. The van der Waals surface area contributed by atoms with Gasteiger partial charge in [-0.3, -0.25) is 0 Å². The van der Waals surface area contributed by atoms with Crippen molar-refractivity contribution in [3.63, 3.8) is 0 Å². The van der Waals surface area contributed by atoms with E-state index in [1.165, 1.54) is 7.11 Å². The van der Waals surface area contributed by atoms with Crippen LogP contribution in [0, 0.1) is 17.1 Å². The molecule has 0 aliphatic carbocycles. The summed E-state index contributed by atoms with van der Waals surface area (Å²) in [5.41, 5.74) is 3.06. The van der Waals surface area contributed by atoms with Gasteiger partial charge in [0.15, 0.2) is 5.82 Å². The third-order valence-corrected chi connectivity index (χ3v) is 4.87. The van der Waals surface area contributed by atoms with Crippen LogP contribution in [0.5, 0.6) is 5.75 Å². The highest BCUT2D eigenvalue weighted by Gasteiger charge is 2.34. The van der Waals surface area contributed by atoms with Crippen molar-refractivity contribution in [2.75, 3.05) is 17.3 Å². The number of hydrogen-bond donors (Lipinski definition) is 1. The van der Waals surface area contributed by atoms with Crippen molar-refractivity contribution >= 4 is 27.3 Å². The minimum absolute atomic E-state index is 0.0705. The zero-order valence-corrected chi connectivity index (χ0v) is 15.2. The molecule has 0 amide bonds. The predicted molar refractivity (Wildman–Crippen MR) is 95.8 cm³/mol. The number of nitrogens with one attached hydrogen (secondary N) is 1. The van der Waals surface area contributed by atoms with Gasteiger partial charge in [-0.1, -0.05) is 6.07 Å². The first kappa shape index (κ1) is 16.6. The topological polar surface area (TPSA) is 48.3 Å². The highest BCUT2D eigenvalue weighted by Crippen LogP contribution is 2.44. The van der Waals surface area contributed by atoms with E-state index < -0.39 is 0 Å². The van der Waals surface area contributed by atoms with Crippen LogP contribution in [0.15, 0.2) is 34.8 Å². The first-order valence-electron chi connectivity index (χ1n) is 7.58. The molecule has 24 heavy (non-hydrogen) atoms. The van der Waals surface area contributed by atoms with Gasteiger partial charge in [-0.15, -0.1) is 0 Å². The number of anilines is 2. The molecule has 0 radical (unpaired) electrons. The van der Waals surface area contributed by atoms with Gasteiger partial charge < -0.3 is 15.0 Å². The molecule has 0 fully saturated rings. The molecule has 1 N–H and O–H groups in total. The number of benzene rings is 2. The van der Waals surface area contributed by atoms with Gasteiger partial charge >= 0.3 is 0 Å². The molecule has 1 aliphatic rings. The maximum absolute atomic E-state index is 14.8. The molecule has 2 aromatic carbocycles. The van der Waals surface area contributed by atoms with E-state index in [1.54, 1.807) is 18.2 Å². The van der Waals surface area contributed by atoms with Crippen LogP contribution < -0.4 is 15.0 Å². The largest absolute Gasteiger partial charge is 0.495 e. The first-order chi connectivity index (χ1) is 11.5. The molecule has 1 atom stereocenters. The van der Waals surface area contributed by atoms with Gasteiger partial charge in [-0.05, 0) is 54.0 Å². The summed E-state index contributed by atoms with van der Waals surface area (Å²) in [6.07, 6.45) is -0.137. The lowest BCUT2D eigenvalue weighted by Crippen LogP contribution is -2.44. The number of nitriles is 1. The smallest absolute Gasteiger partial charge is 0.164 e. The Morgan fingerprint density at radius 3 is 2.67 bits per heavy atom. The van der Waals surface area contributed by atoms with Gasteiger partial charge in [-0.25, -0.2) is 4.39 Å². The Morgan fingerprint density at radius 2 is 2.08 bits per heavy atom. The lowest BCUT2D eigenvalue weighted by molar-refractivity contribution is 0.407. The van der Waals surface area contributed by atoms with Crippen LogP contribution in [0.1, 0.15) is 31.1 Å². The minimum Gasteiger partial charge on any atom is -0.495 e. The van der Waals surface area contributed by atoms with Crippen LogP contribution in [0.25, 0.3) is 0 Å². The summed E-state index contributed by atoms with van der Waals surface area (Å²) in [5.74, 6) is 0.104. The van der Waals surface area contributed by atoms with Gasteiger partial charge in [0.05, 0.1) is 28.9 Å². The van der Waals surface area contributed by atoms with Gasteiger partial charge in [0, 0.05) is 17.3 Å². The molecule has 124 valence electrons. The number of ether oxygens (including phenoxy) is 1. The second-order valence-corrected chi connectivity index (χ2v) is 6.67. The van der Waals surface area contributed by atoms with Crippen molar-refractivity contribution in [3.8, 4) is 11.8 Å². The lowest BCUT2D eigenvalue weighted by atomic mass is 9.97. The van der Waals surface area contributed by atoms with Crippen LogP contribution in [-0.4, -0.2) is 13.2 Å². The van der Waals surface area contributed by atoms with Crippen LogP contribution in [0.3, 0.4) is 0 Å². The van der Waals surface area contributed by atoms with E-state index in [-0.39, 0.29) is 18.0 Å². The summed E-state index contributed by atoms with van der Waals surface area (Å²) < 4.78 is 20.3. The third kappa shape index (κ3) is 2.59. The number of hydrogen-bond acceptors (Lipinski definition) is 4. The van der Waals surface area contributed by atoms with Crippen molar-refractivity contribution in [1.29, 1.82) is 5.26 Å². The van der Waals surface area contributed by atoms with Gasteiger partial charge in [0.1, 0.15) is 11.9 Å². The maximum atomic E-state index is 14.8.